The molecule has 1 N–H and O–H groups in total. The van der Waals surface area contributed by atoms with Crippen LogP contribution in [-0.4, -0.2) is 60.7 Å². The lowest BCUT2D eigenvalue weighted by Crippen LogP contribution is -2.60. The Labute approximate surface area is 224 Å². The van der Waals surface area contributed by atoms with E-state index in [1.807, 2.05) is 18.3 Å². The van der Waals surface area contributed by atoms with E-state index >= 15 is 0 Å². The highest BCUT2D eigenvalue weighted by Crippen LogP contribution is 2.55. The molecule has 6 aliphatic rings. The number of benzene rings is 1. The van der Waals surface area contributed by atoms with Crippen LogP contribution in [0.15, 0.2) is 23.1 Å². The van der Waals surface area contributed by atoms with Crippen LogP contribution in [0.2, 0.25) is 0 Å². The first-order valence-corrected chi connectivity index (χ1v) is 14.0. The van der Waals surface area contributed by atoms with E-state index in [1.54, 1.807) is 0 Å². The molecule has 4 bridgehead atoms. The zero-order valence-corrected chi connectivity index (χ0v) is 22.8. The summed E-state index contributed by atoms with van der Waals surface area (Å²) in [5.41, 5.74) is 1.91. The van der Waals surface area contributed by atoms with E-state index in [4.69, 9.17) is 4.74 Å². The third-order valence-corrected chi connectivity index (χ3v) is 9.92. The molecule has 2 aromatic rings. The normalized spacial score (nSPS) is 32.2. The van der Waals surface area contributed by atoms with Crippen molar-refractivity contribution in [2.24, 2.45) is 17.8 Å². The van der Waals surface area contributed by atoms with Crippen molar-refractivity contribution in [1.82, 2.24) is 14.8 Å². The number of carbonyl (C=O) groups excluding carboxylic acids is 1. The molecule has 7 nitrogen and oxygen atoms in total. The van der Waals surface area contributed by atoms with Gasteiger partial charge < -0.3 is 24.4 Å². The first kappa shape index (κ1) is 25.1. The number of anilines is 1. The van der Waals surface area contributed by atoms with Crippen molar-refractivity contribution in [3.63, 3.8) is 0 Å². The summed E-state index contributed by atoms with van der Waals surface area (Å²) in [7, 11) is 2.15. The van der Waals surface area contributed by atoms with Crippen LogP contribution in [0.1, 0.15) is 68.3 Å². The molecular formula is C29H39ClN4O3. The molecule has 4 aliphatic carbocycles. The number of hydrogen-bond donors (Lipinski definition) is 1. The van der Waals surface area contributed by atoms with E-state index in [0.717, 1.165) is 86.6 Å². The molecule has 1 aromatic carbocycles. The van der Waals surface area contributed by atoms with Gasteiger partial charge in [-0.05, 0) is 81.9 Å². The van der Waals surface area contributed by atoms with Gasteiger partial charge in [0, 0.05) is 37.9 Å². The molecule has 5 fully saturated rings. The lowest BCUT2D eigenvalue weighted by Gasteiger charge is -2.56. The Hall–Kier alpha value is -2.25. The second-order valence-corrected chi connectivity index (χ2v) is 12.4. The zero-order valence-electron chi connectivity index (χ0n) is 22.0. The van der Waals surface area contributed by atoms with E-state index in [0.29, 0.717) is 12.0 Å². The minimum Gasteiger partial charge on any atom is -0.487 e. The van der Waals surface area contributed by atoms with Crippen LogP contribution in [0.5, 0.6) is 5.75 Å². The maximum absolute atomic E-state index is 13.8. The first-order valence-electron chi connectivity index (χ1n) is 14.0. The number of hydrogen-bond acceptors (Lipinski definition) is 5. The van der Waals surface area contributed by atoms with Gasteiger partial charge in [0.05, 0.1) is 22.6 Å². The molecule has 8 rings (SSSR count). The standard InChI is InChI=1S/C29H38N4O3.ClH/c1-3-21-17-36-27-24(32-8-6-31(2)7-9-32)5-4-22-25(27)33(21)16-23(26(22)34)28(35)30-29-13-18-10-19(14-29)12-20(11-18)15-29;/h4-5,16,18-21H,3,6-15,17H2,1-2H3,(H,30,35);1H. The fraction of sp³-hybridized carbons (Fsp3) is 0.655. The summed E-state index contributed by atoms with van der Waals surface area (Å²) >= 11 is 0. The Kier molecular flexibility index (Phi) is 6.22. The molecule has 3 heterocycles. The van der Waals surface area contributed by atoms with Crippen LogP contribution in [-0.2, 0) is 0 Å². The molecule has 1 saturated heterocycles. The highest BCUT2D eigenvalue weighted by atomic mass is 35.5. The molecule has 8 heteroatoms. The molecule has 1 amide bonds. The Balaban J connectivity index is 0.00000252. The fourth-order valence-corrected chi connectivity index (χ4v) is 8.44. The number of nitrogens with zero attached hydrogens (tertiary/aromatic N) is 3. The Morgan fingerprint density at radius 3 is 2.32 bits per heavy atom. The highest BCUT2D eigenvalue weighted by molar-refractivity contribution is 6.00. The lowest BCUT2D eigenvalue weighted by atomic mass is 9.53. The Morgan fingerprint density at radius 2 is 1.70 bits per heavy atom. The van der Waals surface area contributed by atoms with Gasteiger partial charge in [-0.25, -0.2) is 0 Å². The van der Waals surface area contributed by atoms with Crippen LogP contribution in [0.4, 0.5) is 5.69 Å². The molecule has 1 atom stereocenters. The number of amides is 1. The van der Waals surface area contributed by atoms with E-state index in [1.165, 1.54) is 19.3 Å². The monoisotopic (exact) mass is 526 g/mol. The second-order valence-electron chi connectivity index (χ2n) is 12.4. The molecule has 0 spiro atoms. The average Bonchev–Trinajstić information content (AvgIpc) is 2.85. The summed E-state index contributed by atoms with van der Waals surface area (Å²) in [6, 6.07) is 4.06. The fourth-order valence-electron chi connectivity index (χ4n) is 8.44. The van der Waals surface area contributed by atoms with Gasteiger partial charge in [0.1, 0.15) is 12.2 Å². The average molecular weight is 527 g/mol. The Bertz CT molecular complexity index is 1250. The van der Waals surface area contributed by atoms with Crippen LogP contribution >= 0.6 is 12.4 Å². The van der Waals surface area contributed by atoms with Crippen molar-refractivity contribution in [3.8, 4) is 5.75 Å². The smallest absolute Gasteiger partial charge is 0.257 e. The molecule has 4 saturated carbocycles. The van der Waals surface area contributed by atoms with Crippen molar-refractivity contribution in [3.05, 3.63) is 34.1 Å². The van der Waals surface area contributed by atoms with Crippen molar-refractivity contribution >= 4 is 34.9 Å². The van der Waals surface area contributed by atoms with Gasteiger partial charge in [-0.15, -0.1) is 12.4 Å². The predicted molar refractivity (Wildman–Crippen MR) is 148 cm³/mol. The van der Waals surface area contributed by atoms with Gasteiger partial charge in [0.15, 0.2) is 5.75 Å². The van der Waals surface area contributed by atoms with Crippen LogP contribution in [0.25, 0.3) is 10.9 Å². The molecule has 1 unspecified atom stereocenters. The van der Waals surface area contributed by atoms with Gasteiger partial charge >= 0.3 is 0 Å². The number of carbonyl (C=O) groups is 1. The number of piperazine rings is 1. The molecule has 37 heavy (non-hydrogen) atoms. The summed E-state index contributed by atoms with van der Waals surface area (Å²) in [6.45, 7) is 6.58. The summed E-state index contributed by atoms with van der Waals surface area (Å²) in [6.07, 6.45) is 9.95. The summed E-state index contributed by atoms with van der Waals surface area (Å²) in [5.74, 6) is 2.85. The van der Waals surface area contributed by atoms with Gasteiger partial charge in [-0.3, -0.25) is 9.59 Å². The highest BCUT2D eigenvalue weighted by Gasteiger charge is 2.51. The Morgan fingerprint density at radius 1 is 1.05 bits per heavy atom. The van der Waals surface area contributed by atoms with Crippen LogP contribution in [0, 0.1) is 17.8 Å². The number of pyridine rings is 1. The van der Waals surface area contributed by atoms with Gasteiger partial charge in [0.25, 0.3) is 5.91 Å². The molecule has 2 aliphatic heterocycles. The minimum atomic E-state index is -0.182. The van der Waals surface area contributed by atoms with Gasteiger partial charge in [0.2, 0.25) is 5.43 Å². The summed E-state index contributed by atoms with van der Waals surface area (Å²) in [5, 5.41) is 4.03. The number of halogens is 1. The van der Waals surface area contributed by atoms with Crippen LogP contribution < -0.4 is 20.4 Å². The number of rotatable bonds is 4. The SMILES string of the molecule is CCC1COc2c(N3CCN(C)CC3)ccc3c(=O)c(C(=O)NC45CC6CC(CC(C6)C4)C5)cn1c23.Cl. The summed E-state index contributed by atoms with van der Waals surface area (Å²) in [4.78, 5) is 32.2. The van der Waals surface area contributed by atoms with Crippen molar-refractivity contribution < 1.29 is 9.53 Å². The molecule has 1 aromatic heterocycles. The van der Waals surface area contributed by atoms with Crippen molar-refractivity contribution in [2.75, 3.05) is 44.7 Å². The molecular weight excluding hydrogens is 488 g/mol. The van der Waals surface area contributed by atoms with Crippen LogP contribution in [0.3, 0.4) is 0 Å². The zero-order chi connectivity index (χ0) is 24.6. The first-order chi connectivity index (χ1) is 17.4. The van der Waals surface area contributed by atoms with Gasteiger partial charge in [-0.2, -0.15) is 0 Å². The van der Waals surface area contributed by atoms with Gasteiger partial charge in [-0.1, -0.05) is 6.92 Å². The maximum Gasteiger partial charge on any atom is 0.257 e. The summed E-state index contributed by atoms with van der Waals surface area (Å²) < 4.78 is 8.51. The quantitative estimate of drug-likeness (QED) is 0.646. The largest absolute Gasteiger partial charge is 0.487 e. The predicted octanol–water partition coefficient (Wildman–Crippen LogP) is 4.22. The number of ether oxygens (including phenoxy) is 1. The molecule has 200 valence electrons. The van der Waals surface area contributed by atoms with Crippen molar-refractivity contribution in [2.45, 2.75) is 63.5 Å². The topological polar surface area (TPSA) is 66.8 Å². The second kappa shape index (κ2) is 9.19. The van der Waals surface area contributed by atoms with E-state index in [-0.39, 0.29) is 40.9 Å². The lowest BCUT2D eigenvalue weighted by molar-refractivity contribution is -0.0167. The van der Waals surface area contributed by atoms with E-state index < -0.39 is 0 Å². The minimum absolute atomic E-state index is 0. The maximum atomic E-state index is 13.8. The van der Waals surface area contributed by atoms with E-state index in [9.17, 15) is 9.59 Å². The van der Waals surface area contributed by atoms with Crippen molar-refractivity contribution in [1.29, 1.82) is 0 Å². The molecule has 0 radical (unpaired) electrons. The van der Waals surface area contributed by atoms with E-state index in [2.05, 4.69) is 33.7 Å². The number of aromatic nitrogens is 1. The number of nitrogens with one attached hydrogen (secondary N) is 1. The third-order valence-electron chi connectivity index (χ3n) is 9.92. The number of likely N-dealkylation sites (N-methyl/N-ethyl adjacent to an activating group) is 1. The third kappa shape index (κ3) is 4.04.